The maximum atomic E-state index is 12.8. The Balaban J connectivity index is 1.18. The van der Waals surface area contributed by atoms with Gasteiger partial charge in [-0.3, -0.25) is 14.5 Å². The van der Waals surface area contributed by atoms with E-state index in [2.05, 4.69) is 40.1 Å². The van der Waals surface area contributed by atoms with E-state index >= 15 is 0 Å². The van der Waals surface area contributed by atoms with Gasteiger partial charge >= 0.3 is 5.97 Å². The van der Waals surface area contributed by atoms with Crippen molar-refractivity contribution in [1.29, 1.82) is 0 Å². The van der Waals surface area contributed by atoms with Gasteiger partial charge in [0.25, 0.3) is 5.91 Å². The number of hydrogen-bond donors (Lipinski definition) is 1. The van der Waals surface area contributed by atoms with Gasteiger partial charge in [-0.2, -0.15) is 0 Å². The van der Waals surface area contributed by atoms with E-state index in [-0.39, 0.29) is 30.5 Å². The zero-order valence-electron chi connectivity index (χ0n) is 23.9. The first kappa shape index (κ1) is 28.6. The van der Waals surface area contributed by atoms with E-state index in [1.165, 1.54) is 12.0 Å². The molecule has 40 heavy (non-hydrogen) atoms. The smallest absolute Gasteiger partial charge is 0.321 e. The molecule has 2 aromatic rings. The molecule has 5 rings (SSSR count). The van der Waals surface area contributed by atoms with E-state index in [1.807, 2.05) is 42.3 Å². The lowest BCUT2D eigenvalue weighted by Gasteiger charge is -2.38. The number of benzene rings is 2. The van der Waals surface area contributed by atoms with Crippen LogP contribution in [0.2, 0.25) is 0 Å². The Morgan fingerprint density at radius 2 is 1.57 bits per heavy atom. The van der Waals surface area contributed by atoms with Crippen molar-refractivity contribution >= 4 is 11.9 Å². The molecular formula is C33H45N3O4. The van der Waals surface area contributed by atoms with Crippen molar-refractivity contribution in [2.24, 2.45) is 11.8 Å². The van der Waals surface area contributed by atoms with E-state index in [0.717, 1.165) is 71.2 Å². The Bertz CT molecular complexity index is 1080. The lowest BCUT2D eigenvalue weighted by Crippen LogP contribution is -2.48. The number of amides is 1. The number of likely N-dealkylation sites (tertiary alicyclic amines) is 2. The van der Waals surface area contributed by atoms with E-state index < -0.39 is 5.97 Å². The summed E-state index contributed by atoms with van der Waals surface area (Å²) in [5.41, 5.74) is 1.32. The summed E-state index contributed by atoms with van der Waals surface area (Å²) in [7, 11) is 1.90. The number of carboxylic acid groups (broad SMARTS) is 1. The number of piperidine rings is 1. The fourth-order valence-electron chi connectivity index (χ4n) is 7.29. The number of ether oxygens (including phenoxy) is 1. The molecule has 2 saturated heterocycles. The number of rotatable bonds is 10. The average Bonchev–Trinajstić information content (AvgIpc) is 3.40. The largest absolute Gasteiger partial charge is 0.484 e. The molecule has 0 spiro atoms. The second-order valence-electron chi connectivity index (χ2n) is 12.1. The third kappa shape index (κ3) is 7.05. The molecule has 0 aromatic heterocycles. The minimum absolute atomic E-state index is 0.0142. The summed E-state index contributed by atoms with van der Waals surface area (Å²) in [6.07, 6.45) is 7.49. The Morgan fingerprint density at radius 3 is 2.23 bits per heavy atom. The van der Waals surface area contributed by atoms with Gasteiger partial charge in [0.15, 0.2) is 6.61 Å². The van der Waals surface area contributed by atoms with Crippen molar-refractivity contribution in [3.63, 3.8) is 0 Å². The van der Waals surface area contributed by atoms with E-state index in [0.29, 0.717) is 17.6 Å². The van der Waals surface area contributed by atoms with Crippen LogP contribution in [-0.4, -0.2) is 90.1 Å². The van der Waals surface area contributed by atoms with Gasteiger partial charge in [0.05, 0.1) is 0 Å². The number of carboxylic acids is 1. The molecular weight excluding hydrogens is 502 g/mol. The highest BCUT2D eigenvalue weighted by Gasteiger charge is 2.43. The van der Waals surface area contributed by atoms with Crippen molar-refractivity contribution in [3.05, 3.63) is 66.2 Å². The molecule has 0 radical (unpaired) electrons. The van der Waals surface area contributed by atoms with Gasteiger partial charge in [-0.25, -0.2) is 0 Å². The Labute approximate surface area is 239 Å². The topological polar surface area (TPSA) is 73.3 Å². The minimum Gasteiger partial charge on any atom is -0.484 e. The highest BCUT2D eigenvalue weighted by atomic mass is 16.5. The van der Waals surface area contributed by atoms with E-state index in [1.54, 1.807) is 0 Å². The first-order chi connectivity index (χ1) is 19.5. The molecule has 0 bridgehead atoms. The van der Waals surface area contributed by atoms with Crippen LogP contribution in [0.25, 0.3) is 0 Å². The van der Waals surface area contributed by atoms with Crippen LogP contribution >= 0.6 is 0 Å². The summed E-state index contributed by atoms with van der Waals surface area (Å²) in [4.78, 5) is 32.0. The Kier molecular flexibility index (Phi) is 9.76. The molecule has 2 heterocycles. The summed E-state index contributed by atoms with van der Waals surface area (Å²) in [5, 5.41) is 10.3. The van der Waals surface area contributed by atoms with Crippen molar-refractivity contribution in [2.75, 3.05) is 46.4 Å². The van der Waals surface area contributed by atoms with Gasteiger partial charge in [-0.1, -0.05) is 67.8 Å². The Morgan fingerprint density at radius 1 is 0.925 bits per heavy atom. The zero-order chi connectivity index (χ0) is 27.9. The van der Waals surface area contributed by atoms with E-state index in [9.17, 15) is 14.7 Å². The molecule has 1 saturated carbocycles. The summed E-state index contributed by atoms with van der Waals surface area (Å²) in [5.74, 6) is 1.07. The first-order valence-electron chi connectivity index (χ1n) is 15.2. The van der Waals surface area contributed by atoms with Crippen molar-refractivity contribution < 1.29 is 19.4 Å². The standard InChI is InChI=1S/C33H45N3O4/c1-34(31(37)24-40-29-15-9-4-10-16-29)28-17-19-35(20-18-28)21-27-22-36(23-30(27)25-11-5-2-6-12-25)32(33(38)39)26-13-7-3-8-14-26/h2,4-6,9-12,15-16,26-28,30,32H,3,7-8,13-14,17-24H2,1H3,(H,38,39). The molecule has 3 aliphatic rings. The maximum absolute atomic E-state index is 12.8. The number of carbonyl (C=O) groups excluding carboxylic acids is 1. The van der Waals surface area contributed by atoms with Gasteiger partial charge in [-0.15, -0.1) is 0 Å². The Hall–Kier alpha value is -2.90. The van der Waals surface area contributed by atoms with Crippen molar-refractivity contribution in [2.45, 2.75) is 62.9 Å². The van der Waals surface area contributed by atoms with Gasteiger partial charge in [0, 0.05) is 51.7 Å². The van der Waals surface area contributed by atoms with Crippen LogP contribution in [0.4, 0.5) is 0 Å². The lowest BCUT2D eigenvalue weighted by molar-refractivity contribution is -0.145. The summed E-state index contributed by atoms with van der Waals surface area (Å²) in [6.45, 7) is 4.58. The number of hydrogen-bond acceptors (Lipinski definition) is 5. The molecule has 1 aliphatic carbocycles. The van der Waals surface area contributed by atoms with Crippen LogP contribution in [-0.2, 0) is 9.59 Å². The molecule has 2 aromatic carbocycles. The molecule has 1 amide bonds. The predicted molar refractivity (Wildman–Crippen MR) is 156 cm³/mol. The monoisotopic (exact) mass is 547 g/mol. The van der Waals surface area contributed by atoms with Crippen LogP contribution in [0.3, 0.4) is 0 Å². The fourth-order valence-corrected chi connectivity index (χ4v) is 7.29. The number of nitrogens with zero attached hydrogens (tertiary/aromatic N) is 3. The van der Waals surface area contributed by atoms with Gasteiger partial charge in [-0.05, 0) is 55.2 Å². The quantitative estimate of drug-likeness (QED) is 0.463. The second kappa shape index (κ2) is 13.6. The van der Waals surface area contributed by atoms with Crippen molar-refractivity contribution in [1.82, 2.24) is 14.7 Å². The minimum atomic E-state index is -0.649. The molecule has 3 unspecified atom stereocenters. The molecule has 216 valence electrons. The van der Waals surface area contributed by atoms with Gasteiger partial charge < -0.3 is 19.6 Å². The number of aliphatic carboxylic acids is 1. The lowest BCUT2D eigenvalue weighted by atomic mass is 9.83. The third-order valence-electron chi connectivity index (χ3n) is 9.54. The predicted octanol–water partition coefficient (Wildman–Crippen LogP) is 4.74. The number of carbonyl (C=O) groups is 2. The van der Waals surface area contributed by atoms with Crippen LogP contribution < -0.4 is 4.74 Å². The maximum Gasteiger partial charge on any atom is 0.321 e. The van der Waals surface area contributed by atoms with Crippen molar-refractivity contribution in [3.8, 4) is 5.75 Å². The molecule has 7 heteroatoms. The van der Waals surface area contributed by atoms with E-state index in [4.69, 9.17) is 4.74 Å². The summed E-state index contributed by atoms with van der Waals surface area (Å²) >= 11 is 0. The summed E-state index contributed by atoms with van der Waals surface area (Å²) in [6, 6.07) is 20.0. The van der Waals surface area contributed by atoms with Crippen LogP contribution in [0.1, 0.15) is 56.4 Å². The van der Waals surface area contributed by atoms with Crippen LogP contribution in [0.15, 0.2) is 60.7 Å². The van der Waals surface area contributed by atoms with Gasteiger partial charge in [0.1, 0.15) is 11.8 Å². The summed E-state index contributed by atoms with van der Waals surface area (Å²) < 4.78 is 5.69. The number of para-hydroxylation sites is 1. The molecule has 3 fully saturated rings. The highest BCUT2D eigenvalue weighted by molar-refractivity contribution is 5.77. The highest BCUT2D eigenvalue weighted by Crippen LogP contribution is 2.38. The molecule has 2 aliphatic heterocycles. The normalized spacial score (nSPS) is 24.0. The first-order valence-corrected chi connectivity index (χ1v) is 15.2. The third-order valence-corrected chi connectivity index (χ3v) is 9.54. The average molecular weight is 548 g/mol. The molecule has 1 N–H and O–H groups in total. The second-order valence-corrected chi connectivity index (χ2v) is 12.1. The zero-order valence-corrected chi connectivity index (χ0v) is 23.9. The molecule has 3 atom stereocenters. The fraction of sp³-hybridized carbons (Fsp3) is 0.576. The number of likely N-dealkylation sites (N-methyl/N-ethyl adjacent to an activating group) is 1. The molecule has 7 nitrogen and oxygen atoms in total. The SMILES string of the molecule is CN(C(=O)COc1ccccc1)C1CCN(CC2CN(C(C(=O)O)C3CCCCC3)CC2c2ccccc2)CC1. The van der Waals surface area contributed by atoms with Crippen LogP contribution in [0.5, 0.6) is 5.75 Å². The van der Waals surface area contributed by atoms with Crippen LogP contribution in [0, 0.1) is 11.8 Å². The van der Waals surface area contributed by atoms with Gasteiger partial charge in [0.2, 0.25) is 0 Å².